The van der Waals surface area contributed by atoms with Crippen molar-refractivity contribution in [1.29, 1.82) is 0 Å². The van der Waals surface area contributed by atoms with E-state index in [9.17, 15) is 4.79 Å². The molecule has 0 spiro atoms. The average molecular weight is 227 g/mol. The van der Waals surface area contributed by atoms with Crippen molar-refractivity contribution in [2.24, 2.45) is 0 Å². The first-order valence-corrected chi connectivity index (χ1v) is 5.66. The van der Waals surface area contributed by atoms with E-state index >= 15 is 0 Å². The van der Waals surface area contributed by atoms with Gasteiger partial charge in [0.2, 0.25) is 0 Å². The molecule has 0 bridgehead atoms. The summed E-state index contributed by atoms with van der Waals surface area (Å²) in [5, 5.41) is 0.956. The second-order valence-corrected chi connectivity index (χ2v) is 4.39. The molecule has 0 saturated heterocycles. The number of rotatable bonds is 0. The molecule has 0 aliphatic carbocycles. The number of nitrogens with one attached hydrogen (secondary N) is 1. The van der Waals surface area contributed by atoms with Crippen LogP contribution in [0.1, 0.15) is 19.4 Å². The molecule has 1 aliphatic heterocycles. The Hall–Kier alpha value is -2.03. The maximum atomic E-state index is 11.9. The van der Waals surface area contributed by atoms with Gasteiger partial charge in [0.05, 0.1) is 11.1 Å². The fraction of sp³-hybridized carbons (Fsp3) is 0.214. The van der Waals surface area contributed by atoms with Crippen LogP contribution in [-0.4, -0.2) is 11.1 Å². The van der Waals surface area contributed by atoms with Gasteiger partial charge in [-0.1, -0.05) is 12.1 Å². The second-order valence-electron chi connectivity index (χ2n) is 4.39. The maximum Gasteiger partial charge on any atom is 0.259 e. The van der Waals surface area contributed by atoms with Crippen LogP contribution in [0.15, 0.2) is 34.6 Å². The van der Waals surface area contributed by atoms with Crippen molar-refractivity contribution >= 4 is 17.0 Å². The molecule has 2 heterocycles. The van der Waals surface area contributed by atoms with Crippen LogP contribution >= 0.6 is 0 Å². The van der Waals surface area contributed by atoms with Gasteiger partial charge >= 0.3 is 0 Å². The predicted molar refractivity (Wildman–Crippen MR) is 68.3 cm³/mol. The number of aromatic amines is 1. The zero-order chi connectivity index (χ0) is 12.0. The van der Waals surface area contributed by atoms with Gasteiger partial charge in [-0.2, -0.15) is 0 Å². The zero-order valence-electron chi connectivity index (χ0n) is 9.78. The predicted octanol–water partition coefficient (Wildman–Crippen LogP) is 2.71. The largest absolute Gasteiger partial charge is 0.485 e. The normalized spacial score (nSPS) is 18.5. The molecule has 0 amide bonds. The van der Waals surface area contributed by atoms with Gasteiger partial charge < -0.3 is 9.72 Å². The molecule has 3 heteroatoms. The SMILES string of the molecule is CC1=Cc2c(c3ccccc3[nH]c2=O)OC1C. The van der Waals surface area contributed by atoms with Crippen molar-refractivity contribution < 1.29 is 4.74 Å². The molecule has 0 fully saturated rings. The molecule has 3 nitrogen and oxygen atoms in total. The average Bonchev–Trinajstić information content (AvgIpc) is 2.32. The van der Waals surface area contributed by atoms with E-state index in [1.54, 1.807) is 0 Å². The number of hydrogen-bond donors (Lipinski definition) is 1. The number of hydrogen-bond acceptors (Lipinski definition) is 2. The van der Waals surface area contributed by atoms with Crippen molar-refractivity contribution in [1.82, 2.24) is 4.98 Å². The lowest BCUT2D eigenvalue weighted by molar-refractivity contribution is 0.256. The summed E-state index contributed by atoms with van der Waals surface area (Å²) in [5.74, 6) is 0.697. The molecule has 86 valence electrons. The molecule has 1 aromatic carbocycles. The van der Waals surface area contributed by atoms with Crippen molar-refractivity contribution in [3.8, 4) is 5.75 Å². The van der Waals surface area contributed by atoms with E-state index in [2.05, 4.69) is 4.98 Å². The fourth-order valence-corrected chi connectivity index (χ4v) is 2.10. The van der Waals surface area contributed by atoms with E-state index < -0.39 is 0 Å². The lowest BCUT2D eigenvalue weighted by atomic mass is 10.0. The first-order valence-electron chi connectivity index (χ1n) is 5.66. The Kier molecular flexibility index (Phi) is 2.08. The van der Waals surface area contributed by atoms with Gasteiger partial charge in [-0.15, -0.1) is 0 Å². The number of aromatic nitrogens is 1. The summed E-state index contributed by atoms with van der Waals surface area (Å²) in [6.45, 7) is 3.97. The maximum absolute atomic E-state index is 11.9. The molecule has 1 aromatic heterocycles. The molecule has 1 N–H and O–H groups in total. The minimum Gasteiger partial charge on any atom is -0.485 e. The van der Waals surface area contributed by atoms with Crippen LogP contribution in [-0.2, 0) is 0 Å². The highest BCUT2D eigenvalue weighted by Gasteiger charge is 2.20. The monoisotopic (exact) mass is 227 g/mol. The number of H-pyrrole nitrogens is 1. The van der Waals surface area contributed by atoms with Gasteiger partial charge in [-0.05, 0) is 37.6 Å². The van der Waals surface area contributed by atoms with Crippen LogP contribution in [0.5, 0.6) is 5.75 Å². The third kappa shape index (κ3) is 1.46. The molecular weight excluding hydrogens is 214 g/mol. The Morgan fingerprint density at radius 2 is 2.06 bits per heavy atom. The van der Waals surface area contributed by atoms with Gasteiger partial charge in [0.25, 0.3) is 5.56 Å². The molecular formula is C14H13NO2. The molecule has 1 atom stereocenters. The Balaban J connectivity index is 2.43. The van der Waals surface area contributed by atoms with Crippen molar-refractivity contribution in [3.05, 3.63) is 45.8 Å². The highest BCUT2D eigenvalue weighted by atomic mass is 16.5. The first-order chi connectivity index (χ1) is 8.16. The Bertz CT molecular complexity index is 682. The number of ether oxygens (including phenoxy) is 1. The van der Waals surface area contributed by atoms with Crippen LogP contribution in [0.25, 0.3) is 17.0 Å². The van der Waals surface area contributed by atoms with Gasteiger partial charge in [-0.25, -0.2) is 0 Å². The number of benzene rings is 1. The van der Waals surface area contributed by atoms with E-state index in [1.807, 2.05) is 44.2 Å². The van der Waals surface area contributed by atoms with Crippen LogP contribution in [0.3, 0.4) is 0 Å². The number of pyridine rings is 1. The first kappa shape index (κ1) is 10.1. The summed E-state index contributed by atoms with van der Waals surface area (Å²) in [4.78, 5) is 14.8. The van der Waals surface area contributed by atoms with E-state index in [4.69, 9.17) is 4.74 Å². The molecule has 2 aromatic rings. The summed E-state index contributed by atoms with van der Waals surface area (Å²) in [5.41, 5.74) is 2.42. The molecule has 1 aliphatic rings. The Morgan fingerprint density at radius 3 is 2.88 bits per heavy atom. The van der Waals surface area contributed by atoms with Gasteiger partial charge in [0.1, 0.15) is 11.9 Å². The lowest BCUT2D eigenvalue weighted by Crippen LogP contribution is -2.22. The van der Waals surface area contributed by atoms with Crippen molar-refractivity contribution in [3.63, 3.8) is 0 Å². The van der Waals surface area contributed by atoms with E-state index in [0.717, 1.165) is 16.5 Å². The summed E-state index contributed by atoms with van der Waals surface area (Å²) >= 11 is 0. The van der Waals surface area contributed by atoms with Gasteiger partial charge in [-0.3, -0.25) is 4.79 Å². The lowest BCUT2D eigenvalue weighted by Gasteiger charge is -2.23. The summed E-state index contributed by atoms with van der Waals surface area (Å²) in [6, 6.07) is 7.69. The molecule has 17 heavy (non-hydrogen) atoms. The highest BCUT2D eigenvalue weighted by Crippen LogP contribution is 2.32. The molecule has 1 unspecified atom stereocenters. The third-order valence-corrected chi connectivity index (χ3v) is 3.22. The standard InChI is InChI=1S/C14H13NO2/c1-8-7-11-13(17-9(8)2)10-5-3-4-6-12(10)15-14(11)16/h3-7,9H,1-2H3,(H,15,16). The fourth-order valence-electron chi connectivity index (χ4n) is 2.10. The Morgan fingerprint density at radius 1 is 1.29 bits per heavy atom. The highest BCUT2D eigenvalue weighted by molar-refractivity contribution is 5.89. The van der Waals surface area contributed by atoms with E-state index in [-0.39, 0.29) is 11.7 Å². The van der Waals surface area contributed by atoms with Crippen LogP contribution in [0.4, 0.5) is 0 Å². The minimum absolute atomic E-state index is 0.0210. The van der Waals surface area contributed by atoms with E-state index in [1.165, 1.54) is 0 Å². The minimum atomic E-state index is -0.0926. The van der Waals surface area contributed by atoms with Crippen molar-refractivity contribution in [2.45, 2.75) is 20.0 Å². The summed E-state index contributed by atoms with van der Waals surface area (Å²) in [6.07, 6.45) is 1.93. The van der Waals surface area contributed by atoms with Crippen LogP contribution in [0.2, 0.25) is 0 Å². The second kappa shape index (κ2) is 3.48. The number of fused-ring (bicyclic) bond motifs is 3. The van der Waals surface area contributed by atoms with Crippen molar-refractivity contribution in [2.75, 3.05) is 0 Å². The van der Waals surface area contributed by atoms with Gasteiger partial charge in [0, 0.05) is 5.39 Å². The topological polar surface area (TPSA) is 42.1 Å². The third-order valence-electron chi connectivity index (χ3n) is 3.22. The summed E-state index contributed by atoms with van der Waals surface area (Å²) in [7, 11) is 0. The van der Waals surface area contributed by atoms with Crippen LogP contribution < -0.4 is 10.3 Å². The summed E-state index contributed by atoms with van der Waals surface area (Å²) < 4.78 is 5.85. The Labute approximate surface area is 98.7 Å². The number of para-hydroxylation sites is 1. The molecule has 0 radical (unpaired) electrons. The molecule has 0 saturated carbocycles. The van der Waals surface area contributed by atoms with Crippen LogP contribution in [0, 0.1) is 0 Å². The smallest absolute Gasteiger partial charge is 0.259 e. The zero-order valence-corrected chi connectivity index (χ0v) is 9.78. The van der Waals surface area contributed by atoms with Gasteiger partial charge in [0.15, 0.2) is 0 Å². The van der Waals surface area contributed by atoms with E-state index in [0.29, 0.717) is 11.3 Å². The molecule has 3 rings (SSSR count). The quantitative estimate of drug-likeness (QED) is 0.751.